The molecule has 0 aromatic heterocycles. The number of esters is 2. The smallest absolute Gasteiger partial charge is 0.335 e. The van der Waals surface area contributed by atoms with E-state index in [2.05, 4.69) is 9.47 Å². The first-order valence-electron chi connectivity index (χ1n) is 4.90. The van der Waals surface area contributed by atoms with Gasteiger partial charge in [0.25, 0.3) is 0 Å². The third-order valence-corrected chi connectivity index (χ3v) is 1.80. The van der Waals surface area contributed by atoms with Crippen LogP contribution >= 0.6 is 0 Å². The summed E-state index contributed by atoms with van der Waals surface area (Å²) in [4.78, 5) is 21.8. The molecule has 1 aromatic carbocycles. The Morgan fingerprint density at radius 3 is 2.41 bits per heavy atom. The molecule has 0 aliphatic rings. The van der Waals surface area contributed by atoms with Gasteiger partial charge in [-0.05, 0) is 11.6 Å². The number of ether oxygens (including phenoxy) is 2. The van der Waals surface area contributed by atoms with Crippen molar-refractivity contribution in [1.29, 1.82) is 0 Å². The Labute approximate surface area is 99.2 Å². The highest BCUT2D eigenvalue weighted by Crippen LogP contribution is 2.01. The SMILES string of the molecule is COC(=O)/C=C\OC(=O)/C=C/c1ccccc1. The zero-order valence-electron chi connectivity index (χ0n) is 9.33. The Kier molecular flexibility index (Phi) is 5.24. The van der Waals surface area contributed by atoms with Crippen LogP contribution in [0.25, 0.3) is 6.08 Å². The minimum Gasteiger partial charge on any atom is -0.466 e. The molecule has 0 amide bonds. The van der Waals surface area contributed by atoms with E-state index in [-0.39, 0.29) is 0 Å². The second kappa shape index (κ2) is 7.00. The summed E-state index contributed by atoms with van der Waals surface area (Å²) in [6.07, 6.45) is 4.91. The third kappa shape index (κ3) is 5.32. The summed E-state index contributed by atoms with van der Waals surface area (Å²) in [6, 6.07) is 9.32. The van der Waals surface area contributed by atoms with Crippen molar-refractivity contribution in [3.05, 3.63) is 54.3 Å². The van der Waals surface area contributed by atoms with E-state index >= 15 is 0 Å². The molecule has 0 aliphatic carbocycles. The van der Waals surface area contributed by atoms with Crippen LogP contribution in [0.4, 0.5) is 0 Å². The molecule has 0 unspecified atom stereocenters. The first-order chi connectivity index (χ1) is 8.22. The second-order valence-electron chi connectivity index (χ2n) is 3.01. The Morgan fingerprint density at radius 1 is 1.06 bits per heavy atom. The summed E-state index contributed by atoms with van der Waals surface area (Å²) in [5.74, 6) is -1.14. The minimum absolute atomic E-state index is 0.561. The van der Waals surface area contributed by atoms with Gasteiger partial charge in [-0.1, -0.05) is 30.3 Å². The Hall–Kier alpha value is -2.36. The Morgan fingerprint density at radius 2 is 1.76 bits per heavy atom. The lowest BCUT2D eigenvalue weighted by molar-refractivity contribution is -0.135. The van der Waals surface area contributed by atoms with E-state index in [4.69, 9.17) is 0 Å². The van der Waals surface area contributed by atoms with Gasteiger partial charge in [0.2, 0.25) is 0 Å². The summed E-state index contributed by atoms with van der Waals surface area (Å²) >= 11 is 0. The zero-order chi connectivity index (χ0) is 12.5. The van der Waals surface area contributed by atoms with Gasteiger partial charge in [-0.25, -0.2) is 9.59 Å². The quantitative estimate of drug-likeness (QED) is 0.452. The minimum atomic E-state index is -0.579. The molecule has 0 aliphatic heterocycles. The standard InChI is InChI=1S/C13H12O4/c1-16-12(14)9-10-17-13(15)8-7-11-5-3-2-4-6-11/h2-10H,1H3/b8-7+,10-9-. The topological polar surface area (TPSA) is 52.6 Å². The molecule has 1 rings (SSSR count). The Bertz CT molecular complexity index is 432. The number of carbonyl (C=O) groups is 2. The van der Waals surface area contributed by atoms with Gasteiger partial charge in [0.15, 0.2) is 0 Å². The fraction of sp³-hybridized carbons (Fsp3) is 0.0769. The summed E-state index contributed by atoms with van der Waals surface area (Å²) in [7, 11) is 1.24. The fourth-order valence-corrected chi connectivity index (χ4v) is 0.992. The van der Waals surface area contributed by atoms with Gasteiger partial charge in [0.05, 0.1) is 13.2 Å². The maximum absolute atomic E-state index is 11.2. The lowest BCUT2D eigenvalue weighted by atomic mass is 10.2. The van der Waals surface area contributed by atoms with Crippen LogP contribution in [0, 0.1) is 0 Å². The highest BCUT2D eigenvalue weighted by atomic mass is 16.5. The van der Waals surface area contributed by atoms with Gasteiger partial charge >= 0.3 is 11.9 Å². The fourth-order valence-electron chi connectivity index (χ4n) is 0.992. The van der Waals surface area contributed by atoms with Crippen LogP contribution in [-0.2, 0) is 19.1 Å². The maximum atomic E-state index is 11.2. The molecule has 0 heterocycles. The highest BCUT2D eigenvalue weighted by Gasteiger charge is 1.95. The monoisotopic (exact) mass is 232 g/mol. The molecule has 17 heavy (non-hydrogen) atoms. The van der Waals surface area contributed by atoms with Crippen LogP contribution in [0.15, 0.2) is 48.7 Å². The summed E-state index contributed by atoms with van der Waals surface area (Å²) in [5.41, 5.74) is 0.890. The van der Waals surface area contributed by atoms with Crippen molar-refractivity contribution in [3.8, 4) is 0 Å². The van der Waals surface area contributed by atoms with E-state index in [1.54, 1.807) is 6.08 Å². The molecule has 0 bridgehead atoms. The van der Waals surface area contributed by atoms with Crippen LogP contribution in [0.2, 0.25) is 0 Å². The first-order valence-corrected chi connectivity index (χ1v) is 4.90. The van der Waals surface area contributed by atoms with Crippen molar-refractivity contribution in [2.24, 2.45) is 0 Å². The van der Waals surface area contributed by atoms with Crippen molar-refractivity contribution < 1.29 is 19.1 Å². The lowest BCUT2D eigenvalue weighted by Crippen LogP contribution is -1.97. The summed E-state index contributed by atoms with van der Waals surface area (Å²) in [6.45, 7) is 0. The molecule has 1 aromatic rings. The van der Waals surface area contributed by atoms with Gasteiger partial charge in [-0.3, -0.25) is 0 Å². The van der Waals surface area contributed by atoms with E-state index in [0.29, 0.717) is 0 Å². The first kappa shape index (κ1) is 12.7. The predicted octanol–water partition coefficient (Wildman–Crippen LogP) is 1.93. The lowest BCUT2D eigenvalue weighted by Gasteiger charge is -1.93. The number of benzene rings is 1. The van der Waals surface area contributed by atoms with Gasteiger partial charge < -0.3 is 9.47 Å². The van der Waals surface area contributed by atoms with Crippen molar-refractivity contribution in [2.45, 2.75) is 0 Å². The Balaban J connectivity index is 2.43. The van der Waals surface area contributed by atoms with Crippen LogP contribution in [-0.4, -0.2) is 19.0 Å². The summed E-state index contributed by atoms with van der Waals surface area (Å²) < 4.78 is 8.96. The highest BCUT2D eigenvalue weighted by molar-refractivity contribution is 5.88. The van der Waals surface area contributed by atoms with E-state index < -0.39 is 11.9 Å². The average Bonchev–Trinajstić information content (AvgIpc) is 2.37. The average molecular weight is 232 g/mol. The molecule has 0 spiro atoms. The largest absolute Gasteiger partial charge is 0.466 e. The third-order valence-electron chi connectivity index (χ3n) is 1.80. The molecule has 0 radical (unpaired) electrons. The molecular formula is C13H12O4. The molecule has 4 nitrogen and oxygen atoms in total. The second-order valence-corrected chi connectivity index (χ2v) is 3.01. The number of hydrogen-bond acceptors (Lipinski definition) is 4. The molecule has 0 saturated carbocycles. The number of rotatable bonds is 4. The molecule has 0 atom stereocenters. The van der Waals surface area contributed by atoms with Crippen molar-refractivity contribution in [1.82, 2.24) is 0 Å². The van der Waals surface area contributed by atoms with E-state index in [0.717, 1.165) is 17.9 Å². The summed E-state index contributed by atoms with van der Waals surface area (Å²) in [5, 5.41) is 0. The number of hydrogen-bond donors (Lipinski definition) is 0. The van der Waals surface area contributed by atoms with Crippen molar-refractivity contribution >= 4 is 18.0 Å². The van der Waals surface area contributed by atoms with Gasteiger partial charge in [-0.2, -0.15) is 0 Å². The molecule has 88 valence electrons. The van der Waals surface area contributed by atoms with Crippen LogP contribution in [0.3, 0.4) is 0 Å². The van der Waals surface area contributed by atoms with Crippen molar-refractivity contribution in [2.75, 3.05) is 7.11 Å². The maximum Gasteiger partial charge on any atom is 0.335 e. The van der Waals surface area contributed by atoms with Crippen LogP contribution < -0.4 is 0 Å². The van der Waals surface area contributed by atoms with Crippen LogP contribution in [0.1, 0.15) is 5.56 Å². The molecule has 0 N–H and O–H groups in total. The number of carbonyl (C=O) groups excluding carboxylic acids is 2. The van der Waals surface area contributed by atoms with Gasteiger partial charge in [0, 0.05) is 6.08 Å². The predicted molar refractivity (Wildman–Crippen MR) is 62.7 cm³/mol. The van der Waals surface area contributed by atoms with E-state index in [9.17, 15) is 9.59 Å². The molecule has 0 fully saturated rings. The molecule has 0 saturated heterocycles. The van der Waals surface area contributed by atoms with Crippen molar-refractivity contribution in [3.63, 3.8) is 0 Å². The van der Waals surface area contributed by atoms with E-state index in [1.165, 1.54) is 13.2 Å². The van der Waals surface area contributed by atoms with Gasteiger partial charge in [0.1, 0.15) is 6.26 Å². The molecule has 4 heteroatoms. The van der Waals surface area contributed by atoms with Gasteiger partial charge in [-0.15, -0.1) is 0 Å². The molecular weight excluding hydrogens is 220 g/mol. The van der Waals surface area contributed by atoms with Crippen LogP contribution in [0.5, 0.6) is 0 Å². The zero-order valence-corrected chi connectivity index (χ0v) is 9.33. The normalized spacial score (nSPS) is 10.6. The van der Waals surface area contributed by atoms with E-state index in [1.807, 2.05) is 30.3 Å². The number of methoxy groups -OCH3 is 1.